The van der Waals surface area contributed by atoms with E-state index in [1.165, 1.54) is 0 Å². The summed E-state index contributed by atoms with van der Waals surface area (Å²) in [4.78, 5) is 4.20. The smallest absolute Gasteiger partial charge is 0.156 e. The van der Waals surface area contributed by atoms with Gasteiger partial charge in [0.25, 0.3) is 0 Å². The summed E-state index contributed by atoms with van der Waals surface area (Å²) in [5, 5.41) is 4.14. The van der Waals surface area contributed by atoms with Crippen molar-refractivity contribution < 1.29 is 4.21 Å². The second-order valence-corrected chi connectivity index (χ2v) is 4.88. The highest BCUT2D eigenvalue weighted by atomic mass is 32.2. The van der Waals surface area contributed by atoms with Gasteiger partial charge in [0.05, 0.1) is 6.54 Å². The fourth-order valence-electron chi connectivity index (χ4n) is 0.744. The molecule has 0 bridgehead atoms. The lowest BCUT2D eigenvalue weighted by Crippen LogP contribution is -2.24. The molecule has 1 heterocycles. The van der Waals surface area contributed by atoms with Crippen molar-refractivity contribution in [3.8, 4) is 0 Å². The van der Waals surface area contributed by atoms with Crippen LogP contribution in [0.5, 0.6) is 0 Å². The fraction of sp³-hybridized carbons (Fsp3) is 0.833. The number of thioether (sulfide) groups is 1. The molecule has 0 aromatic heterocycles. The van der Waals surface area contributed by atoms with E-state index in [4.69, 9.17) is 0 Å². The maximum Gasteiger partial charge on any atom is 0.156 e. The molecule has 64 valence electrons. The first-order valence-corrected chi connectivity index (χ1v) is 6.21. The van der Waals surface area contributed by atoms with Crippen LogP contribution in [0.3, 0.4) is 0 Å². The average Bonchev–Trinajstić information content (AvgIpc) is 2.39. The Bertz CT molecular complexity index is 181. The molecule has 5 heteroatoms. The van der Waals surface area contributed by atoms with Gasteiger partial charge in [-0.1, -0.05) is 11.8 Å². The van der Waals surface area contributed by atoms with Gasteiger partial charge in [0.1, 0.15) is 0 Å². The van der Waals surface area contributed by atoms with Gasteiger partial charge in [-0.25, -0.2) is 0 Å². The van der Waals surface area contributed by atoms with Gasteiger partial charge < -0.3 is 5.32 Å². The topological polar surface area (TPSA) is 41.5 Å². The molecule has 0 aliphatic carbocycles. The van der Waals surface area contributed by atoms with E-state index in [1.807, 2.05) is 0 Å². The van der Waals surface area contributed by atoms with Crippen molar-refractivity contribution >= 4 is 27.7 Å². The first-order chi connectivity index (χ1) is 5.29. The highest BCUT2D eigenvalue weighted by Gasteiger charge is 2.04. The van der Waals surface area contributed by atoms with Crippen LogP contribution in [-0.2, 0) is 10.8 Å². The molecule has 3 nitrogen and oxygen atoms in total. The Morgan fingerprint density at radius 1 is 1.82 bits per heavy atom. The lowest BCUT2D eigenvalue weighted by molar-refractivity contribution is 0.685. The van der Waals surface area contributed by atoms with Crippen molar-refractivity contribution in [1.29, 1.82) is 0 Å². The van der Waals surface area contributed by atoms with E-state index in [1.54, 1.807) is 18.0 Å². The molecule has 1 atom stereocenters. The Hall–Kier alpha value is -0.0300. The molecule has 0 amide bonds. The van der Waals surface area contributed by atoms with Crippen LogP contribution in [0.2, 0.25) is 0 Å². The van der Waals surface area contributed by atoms with E-state index in [0.717, 1.165) is 24.0 Å². The summed E-state index contributed by atoms with van der Waals surface area (Å²) in [7, 11) is -0.692. The summed E-state index contributed by atoms with van der Waals surface area (Å²) < 4.78 is 10.6. The lowest BCUT2D eigenvalue weighted by Gasteiger charge is -2.01. The Balaban J connectivity index is 2.07. The minimum atomic E-state index is -0.692. The predicted molar refractivity (Wildman–Crippen MR) is 51.7 cm³/mol. The second-order valence-electron chi connectivity index (χ2n) is 2.24. The number of hydrogen-bond donors (Lipinski definition) is 1. The molecule has 1 unspecified atom stereocenters. The summed E-state index contributed by atoms with van der Waals surface area (Å²) in [5.41, 5.74) is 0. The molecule has 11 heavy (non-hydrogen) atoms. The summed E-state index contributed by atoms with van der Waals surface area (Å²) in [5.74, 6) is 1.79. The number of nitrogens with one attached hydrogen (secondary N) is 1. The van der Waals surface area contributed by atoms with Crippen LogP contribution < -0.4 is 5.32 Å². The number of amidine groups is 1. The van der Waals surface area contributed by atoms with Crippen molar-refractivity contribution in [2.24, 2.45) is 4.99 Å². The van der Waals surface area contributed by atoms with Crippen LogP contribution in [0.4, 0.5) is 0 Å². The van der Waals surface area contributed by atoms with Crippen molar-refractivity contribution in [3.63, 3.8) is 0 Å². The Labute approximate surface area is 73.5 Å². The molecule has 0 radical (unpaired) electrons. The van der Waals surface area contributed by atoms with Gasteiger partial charge in [0.15, 0.2) is 5.17 Å². The van der Waals surface area contributed by atoms with Crippen LogP contribution in [0, 0.1) is 0 Å². The maximum atomic E-state index is 10.6. The van der Waals surface area contributed by atoms with E-state index in [0.29, 0.717) is 5.75 Å². The second kappa shape index (κ2) is 4.77. The zero-order valence-corrected chi connectivity index (χ0v) is 8.13. The Kier molecular flexibility index (Phi) is 3.93. The summed E-state index contributed by atoms with van der Waals surface area (Å²) in [6.07, 6.45) is 1.71. The minimum absolute atomic E-state index is 0.692. The molecule has 0 fully saturated rings. The van der Waals surface area contributed by atoms with Gasteiger partial charge in [0, 0.05) is 35.1 Å². The largest absolute Gasteiger partial charge is 0.364 e. The molecule has 1 aliphatic rings. The number of rotatable bonds is 3. The highest BCUT2D eigenvalue weighted by molar-refractivity contribution is 8.14. The van der Waals surface area contributed by atoms with Crippen LogP contribution in [0.15, 0.2) is 4.99 Å². The number of hydrogen-bond acceptors (Lipinski definition) is 4. The van der Waals surface area contributed by atoms with Gasteiger partial charge in [0.2, 0.25) is 0 Å². The highest BCUT2D eigenvalue weighted by Crippen LogP contribution is 2.08. The molecule has 1 N–H and O–H groups in total. The predicted octanol–water partition coefficient (Wildman–Crippen LogP) is 0.0573. The minimum Gasteiger partial charge on any atom is -0.364 e. The third-order valence-electron chi connectivity index (χ3n) is 1.25. The van der Waals surface area contributed by atoms with E-state index in [-0.39, 0.29) is 0 Å². The number of nitrogens with zero attached hydrogens (tertiary/aromatic N) is 1. The number of aliphatic imine (C=N–C) groups is 1. The standard InChI is InChI=1S/C6H12N2OS2/c1-11(9)5-3-8-6-7-2-4-10-6/h2-5H2,1H3,(H,7,8). The first kappa shape index (κ1) is 9.06. The first-order valence-electron chi connectivity index (χ1n) is 3.50. The molecule has 0 saturated heterocycles. The third kappa shape index (κ3) is 3.76. The summed E-state index contributed by atoms with van der Waals surface area (Å²) >= 11 is 1.73. The van der Waals surface area contributed by atoms with Crippen molar-refractivity contribution in [2.45, 2.75) is 0 Å². The van der Waals surface area contributed by atoms with Crippen LogP contribution >= 0.6 is 11.8 Å². The van der Waals surface area contributed by atoms with Crippen molar-refractivity contribution in [2.75, 3.05) is 30.9 Å². The van der Waals surface area contributed by atoms with Gasteiger partial charge in [-0.15, -0.1) is 0 Å². The van der Waals surface area contributed by atoms with Crippen molar-refractivity contribution in [1.82, 2.24) is 5.32 Å². The quantitative estimate of drug-likeness (QED) is 0.687. The van der Waals surface area contributed by atoms with Gasteiger partial charge >= 0.3 is 0 Å². The molecule has 0 aromatic carbocycles. The van der Waals surface area contributed by atoms with Gasteiger partial charge in [-0.05, 0) is 0 Å². The normalized spacial score (nSPS) is 19.5. The SMILES string of the molecule is CS(=O)CCNC1=NCCS1. The summed E-state index contributed by atoms with van der Waals surface area (Å²) in [6, 6.07) is 0. The van der Waals surface area contributed by atoms with Crippen molar-refractivity contribution in [3.05, 3.63) is 0 Å². The monoisotopic (exact) mass is 192 g/mol. The fourth-order valence-corrected chi connectivity index (χ4v) is 1.90. The van der Waals surface area contributed by atoms with Crippen LogP contribution in [-0.4, -0.2) is 40.2 Å². The molecule has 1 rings (SSSR count). The molecular weight excluding hydrogens is 180 g/mol. The zero-order chi connectivity index (χ0) is 8.10. The molecule has 0 aromatic rings. The maximum absolute atomic E-state index is 10.6. The van der Waals surface area contributed by atoms with E-state index in [9.17, 15) is 4.21 Å². The van der Waals surface area contributed by atoms with Gasteiger partial charge in [-0.2, -0.15) is 0 Å². The molecular formula is C6H12N2OS2. The summed E-state index contributed by atoms with van der Waals surface area (Å²) in [6.45, 7) is 1.69. The van der Waals surface area contributed by atoms with E-state index >= 15 is 0 Å². The molecule has 0 spiro atoms. The Morgan fingerprint density at radius 3 is 3.18 bits per heavy atom. The molecule has 0 saturated carbocycles. The van der Waals surface area contributed by atoms with Gasteiger partial charge in [-0.3, -0.25) is 9.20 Å². The zero-order valence-electron chi connectivity index (χ0n) is 6.50. The average molecular weight is 192 g/mol. The third-order valence-corrected chi connectivity index (χ3v) is 2.96. The van der Waals surface area contributed by atoms with Crippen LogP contribution in [0.25, 0.3) is 0 Å². The van der Waals surface area contributed by atoms with E-state index < -0.39 is 10.8 Å². The lowest BCUT2D eigenvalue weighted by atomic mass is 10.7. The van der Waals surface area contributed by atoms with E-state index in [2.05, 4.69) is 10.3 Å². The molecule has 1 aliphatic heterocycles. The Morgan fingerprint density at radius 2 is 2.64 bits per heavy atom. The van der Waals surface area contributed by atoms with Crippen LogP contribution in [0.1, 0.15) is 0 Å².